The molecule has 36 valence electrons. The smallest absolute Gasteiger partial charge is 0.266 e. The van der Waals surface area contributed by atoms with Gasteiger partial charge >= 0.3 is 0 Å². The van der Waals surface area contributed by atoms with Crippen LogP contribution in [0.5, 0.6) is 0 Å². The van der Waals surface area contributed by atoms with E-state index in [-0.39, 0.29) is 5.56 Å². The molecule has 1 rings (SSSR count). The van der Waals surface area contributed by atoms with Crippen LogP contribution in [0, 0.1) is 0 Å². The van der Waals surface area contributed by atoms with E-state index in [4.69, 9.17) is 0 Å². The third-order valence-corrected chi connectivity index (χ3v) is 0.578. The zero-order chi connectivity index (χ0) is 5.11. The molecule has 0 unspecified atom stereocenters. The Morgan fingerprint density at radius 1 is 1.71 bits per heavy atom. The van der Waals surface area contributed by atoms with Crippen molar-refractivity contribution in [3.63, 3.8) is 0 Å². The molecule has 0 fully saturated rings. The topological polar surface area (TPSA) is 45.8 Å². The van der Waals surface area contributed by atoms with Gasteiger partial charge in [0.25, 0.3) is 5.56 Å². The van der Waals surface area contributed by atoms with Crippen molar-refractivity contribution in [2.75, 3.05) is 0 Å². The summed E-state index contributed by atoms with van der Waals surface area (Å²) in [5.41, 5.74) is -0.164. The number of H-pyrrole nitrogens is 1. The van der Waals surface area contributed by atoms with Crippen LogP contribution in [0.25, 0.3) is 0 Å². The van der Waals surface area contributed by atoms with Crippen LogP contribution in [0.15, 0.2) is 23.4 Å². The standard InChI is InChI=1S/C4H4N2O/c7-4-3-5-1-2-6-4/h1-3H,(H,6,7). The number of hydrogen-bond acceptors (Lipinski definition) is 2. The molecule has 0 aliphatic rings. The van der Waals surface area contributed by atoms with Crippen molar-refractivity contribution >= 4 is 0 Å². The Morgan fingerprint density at radius 3 is 2.86 bits per heavy atom. The normalized spacial score (nSPS) is 8.57. The average molecular weight is 96.1 g/mol. The molecule has 0 bridgehead atoms. The molecule has 1 N–H and O–H groups in total. The summed E-state index contributed by atoms with van der Waals surface area (Å²) in [6.07, 6.45) is 4.23. The zero-order valence-corrected chi connectivity index (χ0v) is 3.59. The maximum Gasteiger partial charge on any atom is 0.266 e. The number of nitrogens with zero attached hydrogens (tertiary/aromatic N) is 1. The molecule has 0 aliphatic carbocycles. The van der Waals surface area contributed by atoms with Crippen LogP contribution >= 0.6 is 0 Å². The van der Waals surface area contributed by atoms with Crippen molar-refractivity contribution in [3.8, 4) is 0 Å². The molecule has 3 nitrogen and oxygen atoms in total. The number of aromatic nitrogens is 2. The third kappa shape index (κ3) is 0.855. The van der Waals surface area contributed by atoms with Gasteiger partial charge in [-0.1, -0.05) is 0 Å². The summed E-state index contributed by atoms with van der Waals surface area (Å²) in [6.45, 7) is 0. The second kappa shape index (κ2) is 1.55. The predicted octanol–water partition coefficient (Wildman–Crippen LogP) is -0.230. The molecule has 0 atom stereocenters. The first-order chi connectivity index (χ1) is 3.39. The van der Waals surface area contributed by atoms with Gasteiger partial charge in [-0.3, -0.25) is 9.78 Å². The minimum absolute atomic E-state index is 0.164. The van der Waals surface area contributed by atoms with Gasteiger partial charge in [-0.15, -0.1) is 0 Å². The molecule has 0 amide bonds. The largest absolute Gasteiger partial charge is 0.326 e. The van der Waals surface area contributed by atoms with E-state index < -0.39 is 0 Å². The average Bonchev–Trinajstić information content (AvgIpc) is 1.69. The van der Waals surface area contributed by atoms with Crippen LogP contribution in [0.1, 0.15) is 0 Å². The lowest BCUT2D eigenvalue weighted by atomic mass is 10.8. The summed E-state index contributed by atoms with van der Waals surface area (Å²) < 4.78 is 0. The lowest BCUT2D eigenvalue weighted by molar-refractivity contribution is 1.14. The molecular weight excluding hydrogens is 92.1 g/mol. The van der Waals surface area contributed by atoms with Crippen LogP contribution in [0.4, 0.5) is 0 Å². The Hall–Kier alpha value is -1.12. The number of nitrogens with one attached hydrogen (secondary N) is 1. The number of hydrogen-bond donors (Lipinski definition) is 1. The fourth-order valence-electron chi connectivity index (χ4n) is 0.310. The molecule has 1 aromatic heterocycles. The van der Waals surface area contributed by atoms with E-state index in [1.165, 1.54) is 18.6 Å². The highest BCUT2D eigenvalue weighted by atomic mass is 16.1. The quantitative estimate of drug-likeness (QED) is 0.485. The van der Waals surface area contributed by atoms with Crippen molar-refractivity contribution in [2.45, 2.75) is 0 Å². The summed E-state index contributed by atoms with van der Waals surface area (Å²) in [5, 5.41) is 0. The first kappa shape index (κ1) is 4.05. The predicted molar refractivity (Wildman–Crippen MR) is 24.9 cm³/mol. The maximum atomic E-state index is 10.2. The Labute approximate surface area is 40.0 Å². The zero-order valence-electron chi connectivity index (χ0n) is 3.59. The summed E-state index contributed by atoms with van der Waals surface area (Å²) in [5.74, 6) is 0. The van der Waals surface area contributed by atoms with Gasteiger partial charge in [-0.05, 0) is 0 Å². The molecule has 7 heavy (non-hydrogen) atoms. The first-order valence-corrected chi connectivity index (χ1v) is 1.88. The molecule has 0 aromatic carbocycles. The van der Waals surface area contributed by atoms with Crippen molar-refractivity contribution in [3.05, 3.63) is 28.9 Å². The maximum absolute atomic E-state index is 10.2. The van der Waals surface area contributed by atoms with E-state index in [1.54, 1.807) is 0 Å². The molecular formula is C4H4N2O. The van der Waals surface area contributed by atoms with Crippen LogP contribution in [-0.4, -0.2) is 9.97 Å². The highest BCUT2D eigenvalue weighted by molar-refractivity contribution is 4.73. The minimum Gasteiger partial charge on any atom is -0.326 e. The summed E-state index contributed by atoms with van der Waals surface area (Å²) >= 11 is 0. The van der Waals surface area contributed by atoms with Crippen molar-refractivity contribution < 1.29 is 0 Å². The van der Waals surface area contributed by atoms with E-state index in [0.29, 0.717) is 0 Å². The molecule has 1 heterocycles. The Morgan fingerprint density at radius 2 is 2.57 bits per heavy atom. The van der Waals surface area contributed by atoms with Gasteiger partial charge in [-0.25, -0.2) is 0 Å². The van der Waals surface area contributed by atoms with E-state index in [9.17, 15) is 4.79 Å². The van der Waals surface area contributed by atoms with Gasteiger partial charge in [-0.2, -0.15) is 0 Å². The molecule has 0 saturated heterocycles. The summed E-state index contributed by atoms with van der Waals surface area (Å²) in [4.78, 5) is 16.1. The van der Waals surface area contributed by atoms with E-state index >= 15 is 0 Å². The van der Waals surface area contributed by atoms with Crippen LogP contribution in [-0.2, 0) is 0 Å². The second-order valence-corrected chi connectivity index (χ2v) is 1.10. The van der Waals surface area contributed by atoms with Crippen molar-refractivity contribution in [1.82, 2.24) is 9.97 Å². The van der Waals surface area contributed by atoms with Gasteiger partial charge in [0.1, 0.15) is 0 Å². The van der Waals surface area contributed by atoms with Crippen LogP contribution in [0.2, 0.25) is 0 Å². The van der Waals surface area contributed by atoms with Gasteiger partial charge < -0.3 is 4.98 Å². The molecule has 0 radical (unpaired) electrons. The van der Waals surface area contributed by atoms with E-state index in [2.05, 4.69) is 9.97 Å². The lowest BCUT2D eigenvalue weighted by Crippen LogP contribution is -2.01. The summed E-state index contributed by atoms with van der Waals surface area (Å²) in [6, 6.07) is 0. The monoisotopic (exact) mass is 96.0 g/mol. The van der Waals surface area contributed by atoms with Crippen LogP contribution < -0.4 is 5.56 Å². The van der Waals surface area contributed by atoms with E-state index in [0.717, 1.165) is 0 Å². The Bertz CT molecular complexity index is 175. The van der Waals surface area contributed by atoms with Gasteiger partial charge in [0.2, 0.25) is 0 Å². The first-order valence-electron chi connectivity index (χ1n) is 1.88. The fraction of sp³-hybridized carbons (Fsp3) is 0. The molecule has 3 heteroatoms. The summed E-state index contributed by atoms with van der Waals surface area (Å²) in [7, 11) is 0. The van der Waals surface area contributed by atoms with Gasteiger partial charge in [0.05, 0.1) is 6.20 Å². The SMILES string of the molecule is O=c1cncc[nH]1. The lowest BCUT2D eigenvalue weighted by Gasteiger charge is -1.73. The molecule has 1 aromatic rings. The molecule has 0 saturated carbocycles. The Kier molecular flexibility index (Phi) is 0.898. The third-order valence-electron chi connectivity index (χ3n) is 0.578. The fourth-order valence-corrected chi connectivity index (χ4v) is 0.310. The highest BCUT2D eigenvalue weighted by Crippen LogP contribution is 1.57. The van der Waals surface area contributed by atoms with Crippen molar-refractivity contribution in [1.29, 1.82) is 0 Å². The van der Waals surface area contributed by atoms with Gasteiger partial charge in [0.15, 0.2) is 0 Å². The minimum atomic E-state index is -0.164. The highest BCUT2D eigenvalue weighted by Gasteiger charge is 1.70. The van der Waals surface area contributed by atoms with E-state index in [1.807, 2.05) is 0 Å². The van der Waals surface area contributed by atoms with Gasteiger partial charge in [0, 0.05) is 12.4 Å². The van der Waals surface area contributed by atoms with Crippen molar-refractivity contribution in [2.24, 2.45) is 0 Å². The number of rotatable bonds is 0. The molecule has 0 aliphatic heterocycles. The number of aromatic amines is 1. The van der Waals surface area contributed by atoms with Crippen LogP contribution in [0.3, 0.4) is 0 Å². The Balaban J connectivity index is 3.28. The second-order valence-electron chi connectivity index (χ2n) is 1.10. The molecule has 0 spiro atoms.